The molecule has 0 aliphatic carbocycles. The Morgan fingerprint density at radius 1 is 1.50 bits per heavy atom. The number of hydrogen-bond donors (Lipinski definition) is 1. The number of fused-ring (bicyclic) bond motifs is 1. The van der Waals surface area contributed by atoms with Crippen LogP contribution in [0.15, 0.2) is 28.9 Å². The van der Waals surface area contributed by atoms with Gasteiger partial charge in [0.2, 0.25) is 0 Å². The van der Waals surface area contributed by atoms with Gasteiger partial charge in [0.05, 0.1) is 6.20 Å². The first-order valence-corrected chi connectivity index (χ1v) is 4.80. The Bertz CT molecular complexity index is 422. The second-order valence-corrected chi connectivity index (χ2v) is 3.59. The first-order chi connectivity index (χ1) is 6.79. The van der Waals surface area contributed by atoms with Gasteiger partial charge < -0.3 is 9.84 Å². The van der Waals surface area contributed by atoms with E-state index in [0.29, 0.717) is 6.04 Å². The van der Waals surface area contributed by atoms with E-state index >= 15 is 0 Å². The summed E-state index contributed by atoms with van der Waals surface area (Å²) >= 11 is 0. The molecule has 3 heteroatoms. The van der Waals surface area contributed by atoms with Crippen molar-refractivity contribution >= 4 is 11.0 Å². The monoisotopic (exact) mass is 190 g/mol. The Morgan fingerprint density at radius 3 is 3.14 bits per heavy atom. The van der Waals surface area contributed by atoms with Gasteiger partial charge in [0.15, 0.2) is 5.58 Å². The minimum atomic E-state index is 0.482. The van der Waals surface area contributed by atoms with E-state index in [-0.39, 0.29) is 0 Å². The minimum absolute atomic E-state index is 0.482. The summed E-state index contributed by atoms with van der Waals surface area (Å²) in [7, 11) is 1.97. The molecule has 0 fully saturated rings. The SMILES string of the molecule is CNC(C)Cc1ccc2cnoc2c1. The fourth-order valence-electron chi connectivity index (χ4n) is 1.49. The van der Waals surface area contributed by atoms with Crippen LogP contribution in [-0.2, 0) is 6.42 Å². The van der Waals surface area contributed by atoms with Crippen molar-refractivity contribution in [1.82, 2.24) is 10.5 Å². The molecule has 3 nitrogen and oxygen atoms in total. The van der Waals surface area contributed by atoms with Crippen LogP contribution >= 0.6 is 0 Å². The summed E-state index contributed by atoms with van der Waals surface area (Å²) in [6.07, 6.45) is 2.74. The lowest BCUT2D eigenvalue weighted by molar-refractivity contribution is 0.456. The highest BCUT2D eigenvalue weighted by Crippen LogP contribution is 2.15. The van der Waals surface area contributed by atoms with Crippen LogP contribution in [0.2, 0.25) is 0 Å². The van der Waals surface area contributed by atoms with Crippen molar-refractivity contribution in [3.63, 3.8) is 0 Å². The second-order valence-electron chi connectivity index (χ2n) is 3.59. The largest absolute Gasteiger partial charge is 0.356 e. The first-order valence-electron chi connectivity index (χ1n) is 4.80. The highest BCUT2D eigenvalue weighted by atomic mass is 16.5. The first kappa shape index (κ1) is 9.21. The predicted molar refractivity (Wildman–Crippen MR) is 56.2 cm³/mol. The van der Waals surface area contributed by atoms with Crippen molar-refractivity contribution in [2.75, 3.05) is 7.05 Å². The molecule has 1 N–H and O–H groups in total. The Labute approximate surface area is 83.1 Å². The normalized spacial score (nSPS) is 13.3. The number of rotatable bonds is 3. The van der Waals surface area contributed by atoms with E-state index in [0.717, 1.165) is 17.4 Å². The van der Waals surface area contributed by atoms with Gasteiger partial charge in [0.25, 0.3) is 0 Å². The molecule has 0 saturated carbocycles. The smallest absolute Gasteiger partial charge is 0.167 e. The molecule has 0 amide bonds. The topological polar surface area (TPSA) is 38.1 Å². The molecule has 0 aliphatic heterocycles. The molecule has 0 aliphatic rings. The van der Waals surface area contributed by atoms with Crippen molar-refractivity contribution in [3.05, 3.63) is 30.0 Å². The quantitative estimate of drug-likeness (QED) is 0.804. The zero-order chi connectivity index (χ0) is 9.97. The average molecular weight is 190 g/mol. The fourth-order valence-corrected chi connectivity index (χ4v) is 1.49. The van der Waals surface area contributed by atoms with Crippen molar-refractivity contribution < 1.29 is 4.52 Å². The van der Waals surface area contributed by atoms with Crippen molar-refractivity contribution in [3.8, 4) is 0 Å². The van der Waals surface area contributed by atoms with Gasteiger partial charge in [-0.15, -0.1) is 0 Å². The number of benzene rings is 1. The number of nitrogens with one attached hydrogen (secondary N) is 1. The molecule has 1 unspecified atom stereocenters. The van der Waals surface area contributed by atoms with Crippen LogP contribution in [0, 0.1) is 0 Å². The third kappa shape index (κ3) is 1.77. The lowest BCUT2D eigenvalue weighted by Crippen LogP contribution is -2.23. The Kier molecular flexibility index (Phi) is 2.50. The highest BCUT2D eigenvalue weighted by molar-refractivity contribution is 5.76. The van der Waals surface area contributed by atoms with Gasteiger partial charge in [-0.1, -0.05) is 11.2 Å². The maximum atomic E-state index is 5.10. The zero-order valence-corrected chi connectivity index (χ0v) is 8.45. The van der Waals surface area contributed by atoms with Gasteiger partial charge in [0.1, 0.15) is 0 Å². The maximum Gasteiger partial charge on any atom is 0.167 e. The lowest BCUT2D eigenvalue weighted by atomic mass is 10.1. The Balaban J connectivity index is 2.25. The highest BCUT2D eigenvalue weighted by Gasteiger charge is 2.03. The van der Waals surface area contributed by atoms with E-state index in [9.17, 15) is 0 Å². The fraction of sp³-hybridized carbons (Fsp3) is 0.364. The maximum absolute atomic E-state index is 5.10. The third-order valence-electron chi connectivity index (χ3n) is 2.46. The van der Waals surface area contributed by atoms with E-state index in [2.05, 4.69) is 29.5 Å². The average Bonchev–Trinajstić information content (AvgIpc) is 2.64. The van der Waals surface area contributed by atoms with E-state index < -0.39 is 0 Å². The van der Waals surface area contributed by atoms with Crippen LogP contribution in [-0.4, -0.2) is 18.2 Å². The van der Waals surface area contributed by atoms with Crippen LogP contribution in [0.5, 0.6) is 0 Å². The molecule has 14 heavy (non-hydrogen) atoms. The van der Waals surface area contributed by atoms with E-state index in [1.165, 1.54) is 5.56 Å². The molecule has 0 bridgehead atoms. The molecular weight excluding hydrogens is 176 g/mol. The van der Waals surface area contributed by atoms with E-state index in [1.807, 2.05) is 13.1 Å². The summed E-state index contributed by atoms with van der Waals surface area (Å²) < 4.78 is 5.10. The van der Waals surface area contributed by atoms with Crippen LogP contribution in [0.25, 0.3) is 11.0 Å². The summed E-state index contributed by atoms with van der Waals surface area (Å²) in [6.45, 7) is 2.16. The number of likely N-dealkylation sites (N-methyl/N-ethyl adjacent to an activating group) is 1. The van der Waals surface area contributed by atoms with Gasteiger partial charge in [0, 0.05) is 11.4 Å². The van der Waals surface area contributed by atoms with Crippen LogP contribution < -0.4 is 5.32 Å². The van der Waals surface area contributed by atoms with Gasteiger partial charge in [-0.25, -0.2) is 0 Å². The van der Waals surface area contributed by atoms with Crippen LogP contribution in [0.1, 0.15) is 12.5 Å². The number of aromatic nitrogens is 1. The molecule has 1 aromatic heterocycles. The zero-order valence-electron chi connectivity index (χ0n) is 8.45. The summed E-state index contributed by atoms with van der Waals surface area (Å²) in [5.41, 5.74) is 2.14. The van der Waals surface area contributed by atoms with Crippen molar-refractivity contribution in [2.45, 2.75) is 19.4 Å². The molecule has 1 heterocycles. The summed E-state index contributed by atoms with van der Waals surface area (Å²) in [5.74, 6) is 0. The molecule has 0 saturated heterocycles. The molecular formula is C11H14N2O. The van der Waals surface area contributed by atoms with Gasteiger partial charge in [-0.05, 0) is 38.1 Å². The van der Waals surface area contributed by atoms with Crippen LogP contribution in [0.3, 0.4) is 0 Å². The predicted octanol–water partition coefficient (Wildman–Crippen LogP) is 1.98. The summed E-state index contributed by atoms with van der Waals surface area (Å²) in [4.78, 5) is 0. The van der Waals surface area contributed by atoms with Crippen molar-refractivity contribution in [2.24, 2.45) is 0 Å². The Hall–Kier alpha value is -1.35. The molecule has 1 atom stereocenters. The van der Waals surface area contributed by atoms with Gasteiger partial charge in [-0.3, -0.25) is 0 Å². The van der Waals surface area contributed by atoms with Gasteiger partial charge in [-0.2, -0.15) is 0 Å². The van der Waals surface area contributed by atoms with E-state index in [4.69, 9.17) is 4.52 Å². The number of nitrogens with zero attached hydrogens (tertiary/aromatic N) is 1. The molecule has 1 aromatic carbocycles. The molecule has 2 rings (SSSR count). The molecule has 2 aromatic rings. The molecule has 0 radical (unpaired) electrons. The summed E-state index contributed by atoms with van der Waals surface area (Å²) in [5, 5.41) is 8.02. The standard InChI is InChI=1S/C11H14N2O/c1-8(12-2)5-9-3-4-10-7-13-14-11(10)6-9/h3-4,6-8,12H,5H2,1-2H3. The van der Waals surface area contributed by atoms with Gasteiger partial charge >= 0.3 is 0 Å². The van der Waals surface area contributed by atoms with Crippen LogP contribution in [0.4, 0.5) is 0 Å². The molecule has 0 spiro atoms. The third-order valence-corrected chi connectivity index (χ3v) is 2.46. The van der Waals surface area contributed by atoms with E-state index in [1.54, 1.807) is 6.20 Å². The summed E-state index contributed by atoms with van der Waals surface area (Å²) in [6, 6.07) is 6.70. The molecule has 74 valence electrons. The Morgan fingerprint density at radius 2 is 2.36 bits per heavy atom. The number of hydrogen-bond acceptors (Lipinski definition) is 3. The van der Waals surface area contributed by atoms with Crippen molar-refractivity contribution in [1.29, 1.82) is 0 Å². The minimum Gasteiger partial charge on any atom is -0.356 e. The second kappa shape index (κ2) is 3.80. The lowest BCUT2D eigenvalue weighted by Gasteiger charge is -2.09.